The van der Waals surface area contributed by atoms with Gasteiger partial charge in [-0.3, -0.25) is 0 Å². The Hall–Kier alpha value is -0.710. The Morgan fingerprint density at radius 2 is 2.12 bits per heavy atom. The molecular weight excluding hydrogens is 220 g/mol. The molecule has 0 amide bonds. The molecule has 2 heterocycles. The molecule has 0 bridgehead atoms. The first-order chi connectivity index (χ1) is 7.55. The minimum Gasteiger partial charge on any atom is -0.318 e. The summed E-state index contributed by atoms with van der Waals surface area (Å²) in [5, 5.41) is 10.4. The number of nitrogens with zero attached hydrogens (tertiary/aromatic N) is 3. The smallest absolute Gasteiger partial charge is 0.210 e. The van der Waals surface area contributed by atoms with E-state index in [4.69, 9.17) is 0 Å². The highest BCUT2D eigenvalue weighted by Gasteiger charge is 2.36. The van der Waals surface area contributed by atoms with Crippen LogP contribution in [0.1, 0.15) is 45.9 Å². The number of nitrogens with one attached hydrogen (secondary N) is 1. The SMILES string of the molecule is CC(C)(C)c1nnc2n1NC1CCCC1S2. The van der Waals surface area contributed by atoms with E-state index in [0.29, 0.717) is 11.3 Å². The average molecular weight is 238 g/mol. The molecule has 4 nitrogen and oxygen atoms in total. The van der Waals surface area contributed by atoms with E-state index in [2.05, 4.69) is 41.1 Å². The van der Waals surface area contributed by atoms with Crippen molar-refractivity contribution in [3.05, 3.63) is 5.82 Å². The molecule has 5 heteroatoms. The Morgan fingerprint density at radius 1 is 1.31 bits per heavy atom. The number of fused-ring (bicyclic) bond motifs is 2. The molecule has 0 radical (unpaired) electrons. The molecule has 1 saturated carbocycles. The summed E-state index contributed by atoms with van der Waals surface area (Å²) >= 11 is 1.89. The molecule has 1 aromatic heterocycles. The summed E-state index contributed by atoms with van der Waals surface area (Å²) < 4.78 is 2.11. The molecule has 88 valence electrons. The van der Waals surface area contributed by atoms with E-state index < -0.39 is 0 Å². The van der Waals surface area contributed by atoms with E-state index >= 15 is 0 Å². The molecule has 0 spiro atoms. The van der Waals surface area contributed by atoms with Crippen molar-refractivity contribution in [3.8, 4) is 0 Å². The second-order valence-electron chi connectivity index (χ2n) is 5.71. The normalized spacial score (nSPS) is 28.4. The second kappa shape index (κ2) is 3.39. The summed E-state index contributed by atoms with van der Waals surface area (Å²) in [6.45, 7) is 6.53. The van der Waals surface area contributed by atoms with Crippen molar-refractivity contribution >= 4 is 11.8 Å². The van der Waals surface area contributed by atoms with E-state index in [9.17, 15) is 0 Å². The molecule has 0 saturated heterocycles. The van der Waals surface area contributed by atoms with Crippen LogP contribution in [0.2, 0.25) is 0 Å². The van der Waals surface area contributed by atoms with Gasteiger partial charge in [-0.2, -0.15) is 0 Å². The van der Waals surface area contributed by atoms with Gasteiger partial charge in [0.25, 0.3) is 0 Å². The van der Waals surface area contributed by atoms with Crippen LogP contribution in [-0.2, 0) is 5.41 Å². The van der Waals surface area contributed by atoms with Gasteiger partial charge in [0.2, 0.25) is 5.16 Å². The number of rotatable bonds is 0. The molecule has 1 aliphatic heterocycles. The van der Waals surface area contributed by atoms with E-state index in [1.54, 1.807) is 0 Å². The highest BCUT2D eigenvalue weighted by molar-refractivity contribution is 7.99. The summed E-state index contributed by atoms with van der Waals surface area (Å²) in [5.74, 6) is 1.04. The van der Waals surface area contributed by atoms with Gasteiger partial charge in [-0.25, -0.2) is 4.68 Å². The highest BCUT2D eigenvalue weighted by Crippen LogP contribution is 2.39. The minimum atomic E-state index is 0.0459. The van der Waals surface area contributed by atoms with Gasteiger partial charge in [-0.05, 0) is 12.8 Å². The maximum absolute atomic E-state index is 4.33. The zero-order valence-corrected chi connectivity index (χ0v) is 10.8. The van der Waals surface area contributed by atoms with Crippen molar-refractivity contribution in [2.75, 3.05) is 5.43 Å². The monoisotopic (exact) mass is 238 g/mol. The molecule has 1 N–H and O–H groups in total. The molecular formula is C11H18N4S. The summed E-state index contributed by atoms with van der Waals surface area (Å²) in [7, 11) is 0. The molecule has 16 heavy (non-hydrogen) atoms. The van der Waals surface area contributed by atoms with Crippen molar-refractivity contribution in [1.82, 2.24) is 14.9 Å². The molecule has 2 atom stereocenters. The summed E-state index contributed by atoms with van der Waals surface area (Å²) in [6, 6.07) is 0.606. The van der Waals surface area contributed by atoms with Crippen LogP contribution < -0.4 is 5.43 Å². The second-order valence-corrected chi connectivity index (χ2v) is 6.92. The van der Waals surface area contributed by atoms with Crippen LogP contribution >= 0.6 is 11.8 Å². The van der Waals surface area contributed by atoms with Gasteiger partial charge >= 0.3 is 0 Å². The third-order valence-corrected chi connectivity index (χ3v) is 4.65. The Bertz CT molecular complexity index is 407. The van der Waals surface area contributed by atoms with E-state index in [-0.39, 0.29) is 5.41 Å². The predicted octanol–water partition coefficient (Wildman–Crippen LogP) is 2.15. The topological polar surface area (TPSA) is 42.7 Å². The van der Waals surface area contributed by atoms with Crippen molar-refractivity contribution in [3.63, 3.8) is 0 Å². The van der Waals surface area contributed by atoms with Gasteiger partial charge in [0.05, 0.1) is 6.04 Å². The highest BCUT2D eigenvalue weighted by atomic mass is 32.2. The van der Waals surface area contributed by atoms with E-state index in [1.165, 1.54) is 19.3 Å². The molecule has 2 unspecified atom stereocenters. The Labute approximate surface area is 100 Å². The minimum absolute atomic E-state index is 0.0459. The summed E-state index contributed by atoms with van der Waals surface area (Å²) in [5.41, 5.74) is 3.63. The largest absolute Gasteiger partial charge is 0.318 e. The summed E-state index contributed by atoms with van der Waals surface area (Å²) in [6.07, 6.45) is 3.91. The van der Waals surface area contributed by atoms with Crippen LogP contribution in [0.4, 0.5) is 0 Å². The van der Waals surface area contributed by atoms with Gasteiger partial charge in [0.15, 0.2) is 5.82 Å². The number of hydrogen-bond acceptors (Lipinski definition) is 4. The standard InChI is InChI=1S/C11H18N4S/c1-11(2,3)9-12-13-10-15(9)14-7-5-4-6-8(7)16-10/h7-8,14H,4-6H2,1-3H3. The first kappa shape index (κ1) is 10.4. The van der Waals surface area contributed by atoms with Crippen LogP contribution in [0.5, 0.6) is 0 Å². The van der Waals surface area contributed by atoms with Crippen molar-refractivity contribution < 1.29 is 0 Å². The Morgan fingerprint density at radius 3 is 2.88 bits per heavy atom. The lowest BCUT2D eigenvalue weighted by molar-refractivity contribution is 0.493. The van der Waals surface area contributed by atoms with Crippen LogP contribution in [0.25, 0.3) is 0 Å². The van der Waals surface area contributed by atoms with Crippen molar-refractivity contribution in [2.24, 2.45) is 0 Å². The average Bonchev–Trinajstić information content (AvgIpc) is 2.76. The third-order valence-electron chi connectivity index (χ3n) is 3.31. The van der Waals surface area contributed by atoms with E-state index in [1.807, 2.05) is 11.8 Å². The lowest BCUT2D eigenvalue weighted by atomic mass is 9.96. The van der Waals surface area contributed by atoms with Crippen LogP contribution in [-0.4, -0.2) is 26.2 Å². The molecule has 1 aromatic rings. The quantitative estimate of drug-likeness (QED) is 0.752. The van der Waals surface area contributed by atoms with Gasteiger partial charge in [-0.1, -0.05) is 39.0 Å². The maximum atomic E-state index is 4.33. The van der Waals surface area contributed by atoms with Crippen LogP contribution in [0, 0.1) is 0 Å². The van der Waals surface area contributed by atoms with Crippen LogP contribution in [0.15, 0.2) is 5.16 Å². The van der Waals surface area contributed by atoms with Gasteiger partial charge in [0.1, 0.15) is 0 Å². The fourth-order valence-corrected chi connectivity index (χ4v) is 3.71. The number of hydrogen-bond donors (Lipinski definition) is 1. The zero-order valence-electron chi connectivity index (χ0n) is 10.0. The first-order valence-corrected chi connectivity index (χ1v) is 6.83. The molecule has 2 aliphatic rings. The van der Waals surface area contributed by atoms with Gasteiger partial charge < -0.3 is 5.43 Å². The fourth-order valence-electron chi connectivity index (χ4n) is 2.46. The molecule has 1 fully saturated rings. The van der Waals surface area contributed by atoms with E-state index in [0.717, 1.165) is 11.0 Å². The third kappa shape index (κ3) is 1.52. The molecule has 3 rings (SSSR count). The van der Waals surface area contributed by atoms with Gasteiger partial charge in [-0.15, -0.1) is 10.2 Å². The van der Waals surface area contributed by atoms with Crippen molar-refractivity contribution in [1.29, 1.82) is 0 Å². The van der Waals surface area contributed by atoms with Crippen molar-refractivity contribution in [2.45, 2.75) is 61.9 Å². The lowest BCUT2D eigenvalue weighted by Crippen LogP contribution is -2.39. The Balaban J connectivity index is 1.98. The maximum Gasteiger partial charge on any atom is 0.210 e. The number of thioether (sulfide) groups is 1. The first-order valence-electron chi connectivity index (χ1n) is 5.95. The lowest BCUT2D eigenvalue weighted by Gasteiger charge is -2.30. The number of aromatic nitrogens is 3. The van der Waals surface area contributed by atoms with Crippen LogP contribution in [0.3, 0.4) is 0 Å². The predicted molar refractivity (Wildman–Crippen MR) is 65.4 cm³/mol. The van der Waals surface area contributed by atoms with Gasteiger partial charge in [0, 0.05) is 10.7 Å². The molecule has 0 aromatic carbocycles. The molecule has 1 aliphatic carbocycles. The Kier molecular flexibility index (Phi) is 2.21. The summed E-state index contributed by atoms with van der Waals surface area (Å²) in [4.78, 5) is 0. The fraction of sp³-hybridized carbons (Fsp3) is 0.818. The zero-order chi connectivity index (χ0) is 11.3.